The number of amides is 1. The fourth-order valence-electron chi connectivity index (χ4n) is 1.79. The van der Waals surface area contributed by atoms with Crippen molar-refractivity contribution in [2.75, 3.05) is 18.5 Å². The monoisotopic (exact) mass is 277 g/mol. The van der Waals surface area contributed by atoms with Gasteiger partial charge >= 0.3 is 0 Å². The van der Waals surface area contributed by atoms with E-state index in [1.54, 1.807) is 0 Å². The lowest BCUT2D eigenvalue weighted by Gasteiger charge is -2.14. The molecular weight excluding hydrogens is 254 g/mol. The van der Waals surface area contributed by atoms with E-state index >= 15 is 0 Å². The summed E-state index contributed by atoms with van der Waals surface area (Å²) < 4.78 is 10.9. The molecular formula is C16H23NO3. The molecule has 20 heavy (non-hydrogen) atoms. The smallest absolute Gasteiger partial charge is 0.221 e. The number of carbonyl (C=O) groups excluding carboxylic acids is 1. The van der Waals surface area contributed by atoms with E-state index in [9.17, 15) is 4.79 Å². The molecule has 0 aliphatic heterocycles. The number of benzene rings is 1. The minimum absolute atomic E-state index is 0.0705. The number of rotatable bonds is 8. The zero-order valence-corrected chi connectivity index (χ0v) is 12.4. The maximum atomic E-state index is 11.0. The topological polar surface area (TPSA) is 47.6 Å². The van der Waals surface area contributed by atoms with Crippen LogP contribution in [0.25, 0.3) is 6.08 Å². The average molecular weight is 277 g/mol. The Balaban J connectivity index is 2.58. The number of ether oxygens (including phenoxy) is 2. The van der Waals surface area contributed by atoms with Crippen LogP contribution in [0.2, 0.25) is 0 Å². The van der Waals surface area contributed by atoms with Crippen molar-refractivity contribution < 1.29 is 14.3 Å². The Morgan fingerprint density at radius 3 is 2.60 bits per heavy atom. The van der Waals surface area contributed by atoms with Crippen LogP contribution in [0.5, 0.6) is 0 Å². The fourth-order valence-corrected chi connectivity index (χ4v) is 1.79. The minimum Gasteiger partial charge on any atom is -0.353 e. The van der Waals surface area contributed by atoms with Crippen molar-refractivity contribution in [2.45, 2.75) is 33.5 Å². The Morgan fingerprint density at radius 2 is 2.00 bits per heavy atom. The van der Waals surface area contributed by atoms with Gasteiger partial charge in [-0.15, -0.1) is 0 Å². The SMILES string of the molecule is CCOC(C/C=C/c1cccc(NC(C)=O)c1)OCC. The molecule has 110 valence electrons. The molecule has 1 aromatic carbocycles. The molecule has 0 saturated carbocycles. The van der Waals surface area contributed by atoms with Crippen LogP contribution in [0.4, 0.5) is 5.69 Å². The summed E-state index contributed by atoms with van der Waals surface area (Å²) >= 11 is 0. The van der Waals surface area contributed by atoms with Crippen molar-refractivity contribution in [3.05, 3.63) is 35.9 Å². The van der Waals surface area contributed by atoms with Crippen molar-refractivity contribution in [1.82, 2.24) is 0 Å². The Bertz CT molecular complexity index is 437. The molecule has 0 aliphatic carbocycles. The van der Waals surface area contributed by atoms with Crippen LogP contribution >= 0.6 is 0 Å². The molecule has 0 atom stereocenters. The highest BCUT2D eigenvalue weighted by Crippen LogP contribution is 2.13. The molecule has 1 N–H and O–H groups in total. The number of carbonyl (C=O) groups is 1. The highest BCUT2D eigenvalue weighted by molar-refractivity contribution is 5.88. The molecule has 0 spiro atoms. The largest absolute Gasteiger partial charge is 0.353 e. The van der Waals surface area contributed by atoms with Gasteiger partial charge in [0.25, 0.3) is 0 Å². The molecule has 0 aromatic heterocycles. The quantitative estimate of drug-likeness (QED) is 0.740. The fraction of sp³-hybridized carbons (Fsp3) is 0.438. The predicted molar refractivity (Wildman–Crippen MR) is 81.4 cm³/mol. The highest BCUT2D eigenvalue weighted by Gasteiger charge is 2.04. The molecule has 1 aromatic rings. The van der Waals surface area contributed by atoms with E-state index in [2.05, 4.69) is 5.32 Å². The molecule has 0 bridgehead atoms. The van der Waals surface area contributed by atoms with Gasteiger partial charge < -0.3 is 14.8 Å². The summed E-state index contributed by atoms with van der Waals surface area (Å²) in [5.74, 6) is -0.0705. The van der Waals surface area contributed by atoms with Crippen LogP contribution in [-0.2, 0) is 14.3 Å². The predicted octanol–water partition coefficient (Wildman–Crippen LogP) is 3.45. The van der Waals surface area contributed by atoms with Gasteiger partial charge in [-0.2, -0.15) is 0 Å². The minimum atomic E-state index is -0.195. The molecule has 1 amide bonds. The summed E-state index contributed by atoms with van der Waals surface area (Å²) in [6.07, 6.45) is 4.52. The van der Waals surface area contributed by atoms with Gasteiger partial charge in [0.1, 0.15) is 0 Å². The summed E-state index contributed by atoms with van der Waals surface area (Å²) in [6.45, 7) is 6.67. The first-order valence-electron chi connectivity index (χ1n) is 6.93. The Hall–Kier alpha value is -1.65. The normalized spacial score (nSPS) is 11.2. The summed E-state index contributed by atoms with van der Waals surface area (Å²) in [4.78, 5) is 11.0. The molecule has 0 unspecified atom stereocenters. The van der Waals surface area contributed by atoms with Gasteiger partial charge in [-0.1, -0.05) is 24.3 Å². The van der Waals surface area contributed by atoms with Gasteiger partial charge in [0.15, 0.2) is 6.29 Å². The lowest BCUT2D eigenvalue weighted by atomic mass is 10.1. The van der Waals surface area contributed by atoms with Crippen molar-refractivity contribution in [3.8, 4) is 0 Å². The number of anilines is 1. The van der Waals surface area contributed by atoms with E-state index < -0.39 is 0 Å². The van der Waals surface area contributed by atoms with Gasteiger partial charge in [0.05, 0.1) is 0 Å². The van der Waals surface area contributed by atoms with Crippen LogP contribution in [0.1, 0.15) is 32.8 Å². The molecule has 0 aliphatic rings. The standard InChI is InChI=1S/C16H23NO3/c1-4-19-16(20-5-2)11-7-9-14-8-6-10-15(12-14)17-13(3)18/h6-10,12,16H,4-5,11H2,1-3H3,(H,17,18)/b9-7+. The highest BCUT2D eigenvalue weighted by atomic mass is 16.7. The molecule has 1 rings (SSSR count). The maximum absolute atomic E-state index is 11.0. The molecule has 4 heteroatoms. The second-order valence-electron chi connectivity index (χ2n) is 4.28. The van der Waals surface area contributed by atoms with Crippen LogP contribution in [0, 0.1) is 0 Å². The molecule has 0 saturated heterocycles. The Kier molecular flexibility index (Phi) is 7.62. The second kappa shape index (κ2) is 9.28. The number of nitrogens with one attached hydrogen (secondary N) is 1. The van der Waals surface area contributed by atoms with Gasteiger partial charge in [0.2, 0.25) is 5.91 Å². The zero-order valence-electron chi connectivity index (χ0n) is 12.4. The summed E-state index contributed by atoms with van der Waals surface area (Å²) in [5, 5.41) is 2.76. The van der Waals surface area contributed by atoms with Crippen LogP contribution in [0.3, 0.4) is 0 Å². The summed E-state index contributed by atoms with van der Waals surface area (Å²) in [5.41, 5.74) is 1.83. The van der Waals surface area contributed by atoms with Gasteiger partial charge in [-0.3, -0.25) is 4.79 Å². The van der Waals surface area contributed by atoms with Gasteiger partial charge in [-0.05, 0) is 31.5 Å². The molecule has 0 fully saturated rings. The maximum Gasteiger partial charge on any atom is 0.221 e. The first kappa shape index (κ1) is 16.4. The second-order valence-corrected chi connectivity index (χ2v) is 4.28. The van der Waals surface area contributed by atoms with Gasteiger partial charge in [0, 0.05) is 32.2 Å². The Labute approximate surface area is 120 Å². The number of hydrogen-bond donors (Lipinski definition) is 1. The van der Waals surface area contributed by atoms with Crippen molar-refractivity contribution in [2.24, 2.45) is 0 Å². The van der Waals surface area contributed by atoms with E-state index in [0.29, 0.717) is 19.6 Å². The third-order valence-electron chi connectivity index (χ3n) is 2.55. The summed E-state index contributed by atoms with van der Waals surface area (Å²) in [7, 11) is 0. The molecule has 0 radical (unpaired) electrons. The van der Waals surface area contributed by atoms with Crippen LogP contribution in [-0.4, -0.2) is 25.4 Å². The van der Waals surface area contributed by atoms with E-state index in [0.717, 1.165) is 11.3 Å². The zero-order chi connectivity index (χ0) is 14.8. The van der Waals surface area contributed by atoms with Crippen molar-refractivity contribution >= 4 is 17.7 Å². The summed E-state index contributed by atoms with van der Waals surface area (Å²) in [6, 6.07) is 7.68. The third-order valence-corrected chi connectivity index (χ3v) is 2.55. The van der Waals surface area contributed by atoms with Crippen LogP contribution < -0.4 is 5.32 Å². The van der Waals surface area contributed by atoms with Crippen molar-refractivity contribution in [3.63, 3.8) is 0 Å². The Morgan fingerprint density at radius 1 is 1.30 bits per heavy atom. The van der Waals surface area contributed by atoms with E-state index in [1.165, 1.54) is 6.92 Å². The lowest BCUT2D eigenvalue weighted by Crippen LogP contribution is -2.16. The first-order chi connectivity index (χ1) is 9.65. The molecule has 0 heterocycles. The van der Waals surface area contributed by atoms with Crippen molar-refractivity contribution in [1.29, 1.82) is 0 Å². The third kappa shape index (κ3) is 6.50. The van der Waals surface area contributed by atoms with Crippen LogP contribution in [0.15, 0.2) is 30.3 Å². The first-order valence-corrected chi connectivity index (χ1v) is 6.93. The lowest BCUT2D eigenvalue weighted by molar-refractivity contribution is -0.133. The number of hydrogen-bond acceptors (Lipinski definition) is 3. The van der Waals surface area contributed by atoms with Gasteiger partial charge in [-0.25, -0.2) is 0 Å². The average Bonchev–Trinajstić information content (AvgIpc) is 2.39. The van der Waals surface area contributed by atoms with E-state index in [4.69, 9.17) is 9.47 Å². The van der Waals surface area contributed by atoms with E-state index in [-0.39, 0.29) is 12.2 Å². The molecule has 4 nitrogen and oxygen atoms in total. The van der Waals surface area contributed by atoms with E-state index in [1.807, 2.05) is 50.3 Å².